The van der Waals surface area contributed by atoms with Crippen molar-refractivity contribution < 1.29 is 10.2 Å². The number of aliphatic hydroxyl groups excluding tert-OH is 2. The number of nitrogens with one attached hydrogen (secondary N) is 1. The summed E-state index contributed by atoms with van der Waals surface area (Å²) in [7, 11) is 0. The Bertz CT molecular complexity index is 798. The Kier molecular flexibility index (Phi) is 7.73. The van der Waals surface area contributed by atoms with E-state index in [0.717, 1.165) is 19.4 Å². The van der Waals surface area contributed by atoms with Crippen LogP contribution in [-0.4, -0.2) is 35.5 Å². The van der Waals surface area contributed by atoms with Gasteiger partial charge in [0.25, 0.3) is 0 Å². The lowest BCUT2D eigenvalue weighted by Gasteiger charge is -2.46. The molecule has 0 spiro atoms. The summed E-state index contributed by atoms with van der Waals surface area (Å²) in [5, 5.41) is 24.8. The Morgan fingerprint density at radius 2 is 1.27 bits per heavy atom. The Hall–Kier alpha value is -1.68. The molecule has 0 aliphatic heterocycles. The highest BCUT2D eigenvalue weighted by Gasteiger charge is 2.41. The Balaban J connectivity index is 1.93. The Morgan fingerprint density at radius 3 is 1.73 bits per heavy atom. The van der Waals surface area contributed by atoms with E-state index in [4.69, 9.17) is 0 Å². The van der Waals surface area contributed by atoms with E-state index in [1.165, 1.54) is 52.6 Å². The first-order chi connectivity index (χ1) is 14.4. The van der Waals surface area contributed by atoms with Gasteiger partial charge in [-0.05, 0) is 73.9 Å². The first kappa shape index (κ1) is 23.0. The SMILES string of the molecule is Cc1cccc(C)c1C(CO)CNC1(C(CO)c2c(C)cccc2C)CCCCC1. The Labute approximate surface area is 182 Å². The predicted octanol–water partition coefficient (Wildman–Crippen LogP) is 5.06. The number of hydrogen-bond donors (Lipinski definition) is 3. The summed E-state index contributed by atoms with van der Waals surface area (Å²) in [6, 6.07) is 12.8. The molecule has 0 saturated heterocycles. The van der Waals surface area contributed by atoms with E-state index >= 15 is 0 Å². The van der Waals surface area contributed by atoms with Gasteiger partial charge in [-0.3, -0.25) is 0 Å². The van der Waals surface area contributed by atoms with Crippen molar-refractivity contribution in [2.75, 3.05) is 19.8 Å². The summed E-state index contributed by atoms with van der Waals surface area (Å²) in [6.07, 6.45) is 5.76. The smallest absolute Gasteiger partial charge is 0.0517 e. The van der Waals surface area contributed by atoms with E-state index < -0.39 is 0 Å². The molecule has 0 radical (unpaired) electrons. The fraction of sp³-hybridized carbons (Fsp3) is 0.556. The molecule has 1 saturated carbocycles. The first-order valence-corrected chi connectivity index (χ1v) is 11.5. The first-order valence-electron chi connectivity index (χ1n) is 11.5. The quantitative estimate of drug-likeness (QED) is 0.571. The number of aryl methyl sites for hydroxylation is 4. The van der Waals surface area contributed by atoms with Gasteiger partial charge in [0.15, 0.2) is 0 Å². The second kappa shape index (κ2) is 10.1. The van der Waals surface area contributed by atoms with Crippen LogP contribution in [0.25, 0.3) is 0 Å². The van der Waals surface area contributed by atoms with Crippen molar-refractivity contribution in [2.45, 2.75) is 77.2 Å². The van der Waals surface area contributed by atoms with Crippen LogP contribution in [0.4, 0.5) is 0 Å². The molecule has 2 aromatic carbocycles. The third kappa shape index (κ3) is 4.64. The van der Waals surface area contributed by atoms with Crippen LogP contribution in [0.15, 0.2) is 36.4 Å². The highest BCUT2D eigenvalue weighted by Crippen LogP contribution is 2.42. The van der Waals surface area contributed by atoms with E-state index in [1.807, 2.05) is 0 Å². The van der Waals surface area contributed by atoms with Crippen molar-refractivity contribution >= 4 is 0 Å². The average molecular weight is 410 g/mol. The van der Waals surface area contributed by atoms with Crippen LogP contribution >= 0.6 is 0 Å². The van der Waals surface area contributed by atoms with Crippen LogP contribution in [0.2, 0.25) is 0 Å². The fourth-order valence-electron chi connectivity index (χ4n) is 5.81. The largest absolute Gasteiger partial charge is 0.396 e. The van der Waals surface area contributed by atoms with Crippen LogP contribution in [0, 0.1) is 27.7 Å². The highest BCUT2D eigenvalue weighted by molar-refractivity contribution is 5.40. The molecule has 0 amide bonds. The molecule has 30 heavy (non-hydrogen) atoms. The van der Waals surface area contributed by atoms with Gasteiger partial charge in [0.2, 0.25) is 0 Å². The highest BCUT2D eigenvalue weighted by atomic mass is 16.3. The van der Waals surface area contributed by atoms with Crippen LogP contribution in [0.1, 0.15) is 77.3 Å². The van der Waals surface area contributed by atoms with Gasteiger partial charge >= 0.3 is 0 Å². The zero-order chi connectivity index (χ0) is 21.7. The summed E-state index contributed by atoms with van der Waals surface area (Å²) in [6.45, 7) is 9.59. The maximum atomic E-state index is 10.6. The summed E-state index contributed by atoms with van der Waals surface area (Å²) in [4.78, 5) is 0. The number of rotatable bonds is 8. The van der Waals surface area contributed by atoms with Gasteiger partial charge in [0.05, 0.1) is 13.2 Å². The maximum Gasteiger partial charge on any atom is 0.0517 e. The third-order valence-corrected chi connectivity index (χ3v) is 7.36. The molecule has 0 bridgehead atoms. The molecule has 0 aromatic heterocycles. The van der Waals surface area contributed by atoms with Crippen LogP contribution in [0.5, 0.6) is 0 Å². The molecular weight excluding hydrogens is 370 g/mol. The molecular formula is C27H39NO2. The summed E-state index contributed by atoms with van der Waals surface area (Å²) in [5.74, 6) is 0.124. The van der Waals surface area contributed by atoms with Gasteiger partial charge in [-0.25, -0.2) is 0 Å². The third-order valence-electron chi connectivity index (χ3n) is 7.36. The van der Waals surface area contributed by atoms with Crippen LogP contribution in [-0.2, 0) is 0 Å². The topological polar surface area (TPSA) is 52.5 Å². The second-order valence-electron chi connectivity index (χ2n) is 9.32. The second-order valence-corrected chi connectivity index (χ2v) is 9.32. The van der Waals surface area contributed by atoms with Gasteiger partial charge in [-0.15, -0.1) is 0 Å². The molecule has 164 valence electrons. The standard InChI is InChI=1S/C27H39NO2/c1-19-10-8-11-20(2)25(19)23(17-29)16-28-27(14-6-5-7-15-27)24(18-30)26-21(3)12-9-13-22(26)4/h8-13,23-24,28-30H,5-7,14-18H2,1-4H3. The summed E-state index contributed by atoms with van der Waals surface area (Å²) in [5.41, 5.74) is 7.41. The lowest BCUT2D eigenvalue weighted by molar-refractivity contribution is 0.126. The Morgan fingerprint density at radius 1 is 0.767 bits per heavy atom. The molecule has 3 nitrogen and oxygen atoms in total. The zero-order valence-corrected chi connectivity index (χ0v) is 19.2. The van der Waals surface area contributed by atoms with E-state index in [9.17, 15) is 10.2 Å². The maximum absolute atomic E-state index is 10.6. The van der Waals surface area contributed by atoms with Gasteiger partial charge in [0.1, 0.15) is 0 Å². The van der Waals surface area contributed by atoms with Gasteiger partial charge in [-0.2, -0.15) is 0 Å². The van der Waals surface area contributed by atoms with E-state index in [1.54, 1.807) is 0 Å². The van der Waals surface area contributed by atoms with Gasteiger partial charge in [-0.1, -0.05) is 55.7 Å². The minimum Gasteiger partial charge on any atom is -0.396 e. The van der Waals surface area contributed by atoms with Crippen molar-refractivity contribution in [3.63, 3.8) is 0 Å². The van der Waals surface area contributed by atoms with E-state index in [-0.39, 0.29) is 30.6 Å². The molecule has 3 rings (SSSR count). The average Bonchev–Trinajstić information content (AvgIpc) is 2.73. The molecule has 1 fully saturated rings. The minimum absolute atomic E-state index is 0.0577. The van der Waals surface area contributed by atoms with Crippen LogP contribution < -0.4 is 5.32 Å². The van der Waals surface area contributed by atoms with E-state index in [0.29, 0.717) is 0 Å². The molecule has 3 N–H and O–H groups in total. The number of hydrogen-bond acceptors (Lipinski definition) is 3. The molecule has 1 aliphatic carbocycles. The molecule has 1 aliphatic rings. The number of benzene rings is 2. The minimum atomic E-state index is -0.131. The number of aliphatic hydroxyl groups is 2. The lowest BCUT2D eigenvalue weighted by Crippen LogP contribution is -2.54. The molecule has 3 heteroatoms. The fourth-order valence-corrected chi connectivity index (χ4v) is 5.81. The lowest BCUT2D eigenvalue weighted by atomic mass is 9.68. The van der Waals surface area contributed by atoms with Gasteiger partial charge in [0, 0.05) is 23.9 Å². The van der Waals surface area contributed by atoms with Crippen LogP contribution in [0.3, 0.4) is 0 Å². The molecule has 0 heterocycles. The molecule has 2 aromatic rings. The van der Waals surface area contributed by atoms with E-state index in [2.05, 4.69) is 69.4 Å². The van der Waals surface area contributed by atoms with Crippen molar-refractivity contribution in [3.05, 3.63) is 69.8 Å². The normalized spacial score (nSPS) is 18.2. The zero-order valence-electron chi connectivity index (χ0n) is 19.2. The molecule has 2 unspecified atom stereocenters. The summed E-state index contributed by atoms with van der Waals surface area (Å²) < 4.78 is 0. The monoisotopic (exact) mass is 409 g/mol. The van der Waals surface area contributed by atoms with Crippen molar-refractivity contribution in [2.24, 2.45) is 0 Å². The molecule has 2 atom stereocenters. The van der Waals surface area contributed by atoms with Crippen molar-refractivity contribution in [1.29, 1.82) is 0 Å². The van der Waals surface area contributed by atoms with Gasteiger partial charge < -0.3 is 15.5 Å². The predicted molar refractivity (Wildman–Crippen MR) is 125 cm³/mol. The summed E-state index contributed by atoms with van der Waals surface area (Å²) >= 11 is 0. The van der Waals surface area contributed by atoms with Crippen molar-refractivity contribution in [3.8, 4) is 0 Å². The van der Waals surface area contributed by atoms with Crippen molar-refractivity contribution in [1.82, 2.24) is 5.32 Å².